The van der Waals surface area contributed by atoms with Crippen LogP contribution >= 0.6 is 0 Å². The summed E-state index contributed by atoms with van der Waals surface area (Å²) in [5.74, 6) is -0.705. The minimum Gasteiger partial charge on any atom is -0.478 e. The van der Waals surface area contributed by atoms with Gasteiger partial charge in [-0.05, 0) is 42.5 Å². The number of carboxylic acids is 1. The maximum Gasteiger partial charge on any atom is 0.339 e. The molecule has 0 heterocycles. The van der Waals surface area contributed by atoms with Crippen molar-refractivity contribution in [3.8, 4) is 11.5 Å². The van der Waals surface area contributed by atoms with Gasteiger partial charge in [-0.3, -0.25) is 0 Å². The number of ether oxygens (including phenoxy) is 1. The van der Waals surface area contributed by atoms with Gasteiger partial charge in [-0.1, -0.05) is 0 Å². The van der Waals surface area contributed by atoms with Crippen LogP contribution < -0.4 is 10.5 Å². The van der Waals surface area contributed by atoms with Crippen LogP contribution in [0.25, 0.3) is 0 Å². The van der Waals surface area contributed by atoms with Crippen LogP contribution in [-0.2, 0) is 9.84 Å². The van der Waals surface area contributed by atoms with E-state index >= 15 is 0 Å². The molecular weight excluding hydrogens is 294 g/mol. The highest BCUT2D eigenvalue weighted by atomic mass is 32.2. The first kappa shape index (κ1) is 14.9. The number of benzene rings is 2. The van der Waals surface area contributed by atoms with Crippen LogP contribution in [0.4, 0.5) is 5.69 Å². The molecule has 0 saturated carbocycles. The number of hydrogen-bond donors (Lipinski definition) is 2. The lowest BCUT2D eigenvalue weighted by molar-refractivity contribution is 0.0694. The van der Waals surface area contributed by atoms with Crippen molar-refractivity contribution in [2.24, 2.45) is 0 Å². The number of nitrogens with two attached hydrogens (primary N) is 1. The van der Waals surface area contributed by atoms with Crippen LogP contribution in [0.2, 0.25) is 0 Å². The van der Waals surface area contributed by atoms with Gasteiger partial charge in [0, 0.05) is 11.9 Å². The summed E-state index contributed by atoms with van der Waals surface area (Å²) in [5.41, 5.74) is 5.79. The molecule has 0 fully saturated rings. The van der Waals surface area contributed by atoms with Crippen molar-refractivity contribution in [2.45, 2.75) is 4.90 Å². The van der Waals surface area contributed by atoms with Crippen LogP contribution in [0.1, 0.15) is 10.4 Å². The Morgan fingerprint density at radius 1 is 1.14 bits per heavy atom. The lowest BCUT2D eigenvalue weighted by atomic mass is 10.2. The first-order valence-corrected chi connectivity index (χ1v) is 7.77. The van der Waals surface area contributed by atoms with Crippen LogP contribution in [0.15, 0.2) is 47.4 Å². The number of rotatable bonds is 4. The summed E-state index contributed by atoms with van der Waals surface area (Å²) >= 11 is 0. The van der Waals surface area contributed by atoms with Gasteiger partial charge in [-0.15, -0.1) is 0 Å². The average Bonchev–Trinajstić information content (AvgIpc) is 2.40. The summed E-state index contributed by atoms with van der Waals surface area (Å²) < 4.78 is 28.2. The maximum absolute atomic E-state index is 11.4. The Kier molecular flexibility index (Phi) is 3.86. The molecule has 0 spiro atoms. The summed E-state index contributed by atoms with van der Waals surface area (Å²) in [4.78, 5) is 11.3. The molecule has 21 heavy (non-hydrogen) atoms. The van der Waals surface area contributed by atoms with Gasteiger partial charge in [0.2, 0.25) is 0 Å². The van der Waals surface area contributed by atoms with Crippen molar-refractivity contribution < 1.29 is 23.1 Å². The Bertz CT molecular complexity index is 782. The summed E-state index contributed by atoms with van der Waals surface area (Å²) in [7, 11) is -3.29. The molecule has 6 nitrogen and oxygen atoms in total. The van der Waals surface area contributed by atoms with Gasteiger partial charge in [-0.2, -0.15) is 0 Å². The van der Waals surface area contributed by atoms with Gasteiger partial charge in [0.1, 0.15) is 17.1 Å². The largest absolute Gasteiger partial charge is 0.478 e. The van der Waals surface area contributed by atoms with Crippen LogP contribution in [-0.4, -0.2) is 25.7 Å². The number of nitrogen functional groups attached to an aromatic ring is 1. The van der Waals surface area contributed by atoms with Crippen molar-refractivity contribution >= 4 is 21.5 Å². The highest BCUT2D eigenvalue weighted by Gasteiger charge is 2.13. The Labute approximate surface area is 121 Å². The zero-order chi connectivity index (χ0) is 15.6. The maximum atomic E-state index is 11.4. The molecule has 2 aromatic rings. The number of aromatic carboxylic acids is 1. The van der Waals surface area contributed by atoms with E-state index in [-0.39, 0.29) is 16.2 Å². The number of hydrogen-bond acceptors (Lipinski definition) is 5. The molecule has 0 radical (unpaired) electrons. The van der Waals surface area contributed by atoms with Gasteiger partial charge >= 0.3 is 5.97 Å². The fraction of sp³-hybridized carbons (Fsp3) is 0.0714. The Morgan fingerprint density at radius 2 is 1.76 bits per heavy atom. The summed E-state index contributed by atoms with van der Waals surface area (Å²) in [5, 5.41) is 9.10. The van der Waals surface area contributed by atoms with Gasteiger partial charge in [0.15, 0.2) is 9.84 Å². The SMILES string of the molecule is CS(=O)(=O)c1ccc(Oc2ccc(N)cc2C(=O)O)cc1. The first-order chi connectivity index (χ1) is 9.77. The number of sulfone groups is 1. The first-order valence-electron chi connectivity index (χ1n) is 5.88. The summed E-state index contributed by atoms with van der Waals surface area (Å²) in [6.45, 7) is 0. The monoisotopic (exact) mass is 307 g/mol. The Hall–Kier alpha value is -2.54. The van der Waals surface area contributed by atoms with Gasteiger partial charge in [0.05, 0.1) is 4.90 Å². The molecule has 0 saturated heterocycles. The van der Waals surface area contributed by atoms with Crippen LogP contribution in [0.5, 0.6) is 11.5 Å². The van der Waals surface area contributed by atoms with Gasteiger partial charge in [0.25, 0.3) is 0 Å². The second-order valence-electron chi connectivity index (χ2n) is 4.41. The Balaban J connectivity index is 2.33. The van der Waals surface area contributed by atoms with Crippen molar-refractivity contribution in [3.05, 3.63) is 48.0 Å². The minimum absolute atomic E-state index is 0.0674. The second-order valence-corrected chi connectivity index (χ2v) is 6.42. The second kappa shape index (κ2) is 5.45. The zero-order valence-corrected chi connectivity index (χ0v) is 11.9. The molecule has 3 N–H and O–H groups in total. The van der Waals surface area contributed by atoms with E-state index < -0.39 is 15.8 Å². The number of anilines is 1. The van der Waals surface area contributed by atoms with Gasteiger partial charge < -0.3 is 15.6 Å². The van der Waals surface area contributed by atoms with Crippen LogP contribution in [0.3, 0.4) is 0 Å². The van der Waals surface area contributed by atoms with E-state index in [0.29, 0.717) is 11.4 Å². The molecule has 0 bridgehead atoms. The Morgan fingerprint density at radius 3 is 2.29 bits per heavy atom. The number of carboxylic acid groups (broad SMARTS) is 1. The third-order valence-corrected chi connectivity index (χ3v) is 3.84. The highest BCUT2D eigenvalue weighted by molar-refractivity contribution is 7.90. The van der Waals surface area contributed by atoms with Crippen molar-refractivity contribution in [2.75, 3.05) is 12.0 Å². The van der Waals surface area contributed by atoms with Crippen LogP contribution in [0, 0.1) is 0 Å². The predicted octanol–water partition coefficient (Wildman–Crippen LogP) is 2.16. The fourth-order valence-electron chi connectivity index (χ4n) is 1.69. The van der Waals surface area contributed by atoms with E-state index in [1.165, 1.54) is 42.5 Å². The molecule has 7 heteroatoms. The van der Waals surface area contributed by atoms with Crippen molar-refractivity contribution in [1.82, 2.24) is 0 Å². The molecule has 0 atom stereocenters. The molecule has 2 rings (SSSR count). The fourth-order valence-corrected chi connectivity index (χ4v) is 2.32. The quantitative estimate of drug-likeness (QED) is 0.838. The van der Waals surface area contributed by atoms with Crippen molar-refractivity contribution in [1.29, 1.82) is 0 Å². The normalized spacial score (nSPS) is 11.1. The lowest BCUT2D eigenvalue weighted by Gasteiger charge is -2.09. The van der Waals surface area contributed by atoms with E-state index in [1.807, 2.05) is 0 Å². The van der Waals surface area contributed by atoms with E-state index in [4.69, 9.17) is 15.6 Å². The molecule has 110 valence electrons. The molecule has 0 aliphatic carbocycles. The minimum atomic E-state index is -3.29. The molecule has 2 aromatic carbocycles. The standard InChI is InChI=1S/C14H13NO5S/c1-21(18,19)11-5-3-10(4-6-11)20-13-7-2-9(15)8-12(13)14(16)17/h2-8H,15H2,1H3,(H,16,17). The van der Waals surface area contributed by atoms with E-state index in [9.17, 15) is 13.2 Å². The molecule has 0 aliphatic rings. The van der Waals surface area contributed by atoms with E-state index in [1.54, 1.807) is 0 Å². The predicted molar refractivity (Wildman–Crippen MR) is 77.4 cm³/mol. The number of carbonyl (C=O) groups is 1. The third kappa shape index (κ3) is 3.51. The molecule has 0 aromatic heterocycles. The summed E-state index contributed by atoms with van der Waals surface area (Å²) in [6.07, 6.45) is 1.10. The molecule has 0 aliphatic heterocycles. The smallest absolute Gasteiger partial charge is 0.339 e. The molecule has 0 unspecified atom stereocenters. The van der Waals surface area contributed by atoms with Gasteiger partial charge in [-0.25, -0.2) is 13.2 Å². The topological polar surface area (TPSA) is 107 Å². The highest BCUT2D eigenvalue weighted by Crippen LogP contribution is 2.28. The lowest BCUT2D eigenvalue weighted by Crippen LogP contribution is -2.01. The zero-order valence-electron chi connectivity index (χ0n) is 11.1. The van der Waals surface area contributed by atoms with E-state index in [0.717, 1.165) is 6.26 Å². The third-order valence-electron chi connectivity index (χ3n) is 2.71. The van der Waals surface area contributed by atoms with E-state index in [2.05, 4.69) is 0 Å². The summed E-state index contributed by atoms with van der Waals surface area (Å²) in [6, 6.07) is 9.96. The molecular formula is C14H13NO5S. The van der Waals surface area contributed by atoms with Crippen molar-refractivity contribution in [3.63, 3.8) is 0 Å². The average molecular weight is 307 g/mol. The molecule has 0 amide bonds.